The Morgan fingerprint density at radius 3 is 2.26 bits per heavy atom. The van der Waals surface area contributed by atoms with Gasteiger partial charge in [0.2, 0.25) is 0 Å². The van der Waals surface area contributed by atoms with Gasteiger partial charge < -0.3 is 20.0 Å². The van der Waals surface area contributed by atoms with Crippen molar-refractivity contribution in [2.24, 2.45) is 0 Å². The molecule has 31 heavy (non-hydrogen) atoms. The van der Waals surface area contributed by atoms with Gasteiger partial charge >= 0.3 is 0 Å². The first-order valence-electron chi connectivity index (χ1n) is 11.2. The highest BCUT2D eigenvalue weighted by atomic mass is 32.2. The van der Waals surface area contributed by atoms with Crippen molar-refractivity contribution < 1.29 is 8.42 Å². The van der Waals surface area contributed by atoms with E-state index in [0.29, 0.717) is 17.0 Å². The fourth-order valence-corrected chi connectivity index (χ4v) is 5.60. The summed E-state index contributed by atoms with van der Waals surface area (Å²) in [4.78, 5) is 12.7. The van der Waals surface area contributed by atoms with E-state index in [-0.39, 0.29) is 0 Å². The number of aromatic nitrogens is 1. The maximum absolute atomic E-state index is 11.7. The summed E-state index contributed by atoms with van der Waals surface area (Å²) >= 11 is 0. The van der Waals surface area contributed by atoms with Crippen molar-refractivity contribution in [2.45, 2.75) is 36.2 Å². The molecule has 0 atom stereocenters. The van der Waals surface area contributed by atoms with Gasteiger partial charge in [0.1, 0.15) is 11.6 Å². The first-order valence-corrected chi connectivity index (χ1v) is 13.1. The van der Waals surface area contributed by atoms with E-state index in [0.717, 1.165) is 50.6 Å². The molecule has 0 unspecified atom stereocenters. The molecule has 3 heterocycles. The van der Waals surface area contributed by atoms with Crippen LogP contribution in [0, 0.1) is 0 Å². The molecule has 0 radical (unpaired) electrons. The molecule has 1 saturated carbocycles. The molecule has 2 aromatic rings. The van der Waals surface area contributed by atoms with Gasteiger partial charge in [0.15, 0.2) is 9.84 Å². The predicted octanol–water partition coefficient (Wildman–Crippen LogP) is 1.92. The molecule has 1 N–H and O–H groups in total. The van der Waals surface area contributed by atoms with Gasteiger partial charge in [0, 0.05) is 56.8 Å². The van der Waals surface area contributed by atoms with Crippen LogP contribution in [-0.2, 0) is 16.3 Å². The van der Waals surface area contributed by atoms with Crippen LogP contribution in [0.25, 0.3) is 0 Å². The number of nitrogens with zero attached hydrogens (tertiary/aromatic N) is 4. The Balaban J connectivity index is 1.24. The van der Waals surface area contributed by atoms with Crippen LogP contribution < -0.4 is 20.0 Å². The lowest BCUT2D eigenvalue weighted by atomic mass is 9.86. The van der Waals surface area contributed by atoms with Gasteiger partial charge in [0.05, 0.1) is 4.90 Å². The monoisotopic (exact) mass is 441 g/mol. The molecule has 166 valence electrons. The normalized spacial score (nSPS) is 23.6. The Kier molecular flexibility index (Phi) is 5.30. The maximum Gasteiger partial charge on any atom is 0.175 e. The lowest BCUT2D eigenvalue weighted by Crippen LogP contribution is -2.51. The van der Waals surface area contributed by atoms with E-state index in [1.807, 2.05) is 12.1 Å². The third kappa shape index (κ3) is 3.99. The van der Waals surface area contributed by atoms with Gasteiger partial charge in [-0.1, -0.05) is 6.07 Å². The Morgan fingerprint density at radius 1 is 0.935 bits per heavy atom. The van der Waals surface area contributed by atoms with Gasteiger partial charge in [-0.05, 0) is 62.2 Å². The average molecular weight is 442 g/mol. The van der Waals surface area contributed by atoms with Gasteiger partial charge in [-0.25, -0.2) is 13.4 Å². The van der Waals surface area contributed by atoms with Crippen LogP contribution in [0.3, 0.4) is 0 Å². The summed E-state index contributed by atoms with van der Waals surface area (Å²) in [7, 11) is -1.11. The number of sulfone groups is 1. The third-order valence-corrected chi connectivity index (χ3v) is 8.16. The quantitative estimate of drug-likeness (QED) is 0.760. The summed E-state index contributed by atoms with van der Waals surface area (Å²) in [6, 6.07) is 12.9. The van der Waals surface area contributed by atoms with Crippen molar-refractivity contribution >= 4 is 27.2 Å². The van der Waals surface area contributed by atoms with Crippen molar-refractivity contribution in [1.82, 2.24) is 10.3 Å². The van der Waals surface area contributed by atoms with Gasteiger partial charge in [0.25, 0.3) is 0 Å². The Bertz CT molecular complexity index is 1040. The van der Waals surface area contributed by atoms with Crippen LogP contribution in [0.2, 0.25) is 0 Å². The fourth-order valence-electron chi connectivity index (χ4n) is 4.97. The summed E-state index contributed by atoms with van der Waals surface area (Å²) in [6.07, 6.45) is 4.76. The molecule has 1 aliphatic carbocycles. The van der Waals surface area contributed by atoms with Crippen molar-refractivity contribution in [1.29, 1.82) is 0 Å². The third-order valence-electron chi connectivity index (χ3n) is 7.03. The van der Waals surface area contributed by atoms with Crippen LogP contribution in [0.1, 0.15) is 18.4 Å². The number of hydrogen-bond acceptors (Lipinski definition) is 7. The Labute approximate surface area is 185 Å². The molecule has 2 aliphatic heterocycles. The fraction of sp³-hybridized carbons (Fsp3) is 0.522. The maximum atomic E-state index is 11.7. The van der Waals surface area contributed by atoms with Crippen LogP contribution >= 0.6 is 0 Å². The van der Waals surface area contributed by atoms with Crippen molar-refractivity contribution in [2.75, 3.05) is 60.7 Å². The number of pyridine rings is 1. The van der Waals surface area contributed by atoms with Crippen LogP contribution in [0.15, 0.2) is 41.3 Å². The Morgan fingerprint density at radius 2 is 1.61 bits per heavy atom. The van der Waals surface area contributed by atoms with Gasteiger partial charge in [-0.3, -0.25) is 0 Å². The lowest BCUT2D eigenvalue weighted by Gasteiger charge is -2.42. The minimum Gasteiger partial charge on any atom is -0.368 e. The standard InChI is InChI=1S/C23H31N5O2S/c1-24-18-15-20(16-18)28-10-9-17-3-8-22(25-23(17)28)27-13-11-26(12-14-27)19-4-6-21(7-5-19)31(2,29)30/h3-8,18,20,24H,9-16H2,1-2H3/t18-,20-. The highest BCUT2D eigenvalue weighted by Crippen LogP contribution is 2.36. The zero-order valence-electron chi connectivity index (χ0n) is 18.3. The second-order valence-corrected chi connectivity index (χ2v) is 11.0. The second kappa shape index (κ2) is 7.98. The molecule has 3 aliphatic rings. The SMILES string of the molecule is CN[C@H]1C[C@H](N2CCc3ccc(N4CCN(c5ccc(S(C)(=O)=O)cc5)CC4)nc32)C1. The zero-order chi connectivity index (χ0) is 21.6. The largest absolute Gasteiger partial charge is 0.368 e. The molecule has 1 saturated heterocycles. The van der Waals surface area contributed by atoms with E-state index >= 15 is 0 Å². The lowest BCUT2D eigenvalue weighted by molar-refractivity contribution is 0.294. The first kappa shape index (κ1) is 20.6. The van der Waals surface area contributed by atoms with Crippen LogP contribution in [-0.4, -0.2) is 71.5 Å². The summed E-state index contributed by atoms with van der Waals surface area (Å²) in [5.41, 5.74) is 2.45. The van der Waals surface area contributed by atoms with E-state index in [1.54, 1.807) is 12.1 Å². The van der Waals surface area contributed by atoms with Crippen LogP contribution in [0.5, 0.6) is 0 Å². The minimum absolute atomic E-state index is 0.370. The van der Waals surface area contributed by atoms with Crippen molar-refractivity contribution in [3.8, 4) is 0 Å². The summed E-state index contributed by atoms with van der Waals surface area (Å²) < 4.78 is 23.4. The van der Waals surface area contributed by atoms with Crippen LogP contribution in [0.4, 0.5) is 17.3 Å². The number of anilines is 3. The molecule has 8 heteroatoms. The molecular weight excluding hydrogens is 410 g/mol. The van der Waals surface area contributed by atoms with Gasteiger partial charge in [-0.2, -0.15) is 0 Å². The molecule has 0 spiro atoms. The number of nitrogens with one attached hydrogen (secondary N) is 1. The summed E-state index contributed by atoms with van der Waals surface area (Å²) in [6.45, 7) is 4.69. The summed E-state index contributed by atoms with van der Waals surface area (Å²) in [5, 5.41) is 3.38. The molecule has 0 bridgehead atoms. The highest BCUT2D eigenvalue weighted by molar-refractivity contribution is 7.90. The van der Waals surface area contributed by atoms with E-state index in [9.17, 15) is 8.42 Å². The number of piperazine rings is 1. The number of benzene rings is 1. The Hall–Kier alpha value is -2.32. The minimum atomic E-state index is -3.16. The zero-order valence-corrected chi connectivity index (χ0v) is 19.1. The van der Waals surface area contributed by atoms with Crippen molar-refractivity contribution in [3.05, 3.63) is 42.0 Å². The molecular formula is C23H31N5O2S. The van der Waals surface area contributed by atoms with Crippen molar-refractivity contribution in [3.63, 3.8) is 0 Å². The van der Waals surface area contributed by atoms with E-state index in [1.165, 1.54) is 30.5 Å². The highest BCUT2D eigenvalue weighted by Gasteiger charge is 2.36. The predicted molar refractivity (Wildman–Crippen MR) is 125 cm³/mol. The first-order chi connectivity index (χ1) is 14.9. The number of rotatable bonds is 5. The molecule has 5 rings (SSSR count). The average Bonchev–Trinajstić information content (AvgIpc) is 3.16. The molecule has 0 amide bonds. The summed E-state index contributed by atoms with van der Waals surface area (Å²) in [5.74, 6) is 2.26. The smallest absolute Gasteiger partial charge is 0.175 e. The molecule has 7 nitrogen and oxygen atoms in total. The van der Waals surface area contributed by atoms with Gasteiger partial charge in [-0.15, -0.1) is 0 Å². The van der Waals surface area contributed by atoms with E-state index in [2.05, 4.69) is 39.2 Å². The van der Waals surface area contributed by atoms with E-state index in [4.69, 9.17) is 4.98 Å². The number of fused-ring (bicyclic) bond motifs is 1. The molecule has 2 fully saturated rings. The molecule has 1 aromatic carbocycles. The van der Waals surface area contributed by atoms with E-state index < -0.39 is 9.84 Å². The second-order valence-electron chi connectivity index (χ2n) is 8.95. The molecule has 1 aromatic heterocycles. The number of hydrogen-bond donors (Lipinski definition) is 1. The topological polar surface area (TPSA) is 68.8 Å².